The predicted molar refractivity (Wildman–Crippen MR) is 78.5 cm³/mol. The minimum absolute atomic E-state index is 0.0363. The maximum Gasteiger partial charge on any atom is 0.259 e. The Balaban J connectivity index is 2.41. The molecule has 2 aromatic heterocycles. The number of carbonyl (C=O) groups excluding carboxylic acids is 1. The molecule has 0 atom stereocenters. The third-order valence-electron chi connectivity index (χ3n) is 2.89. The molecule has 21 heavy (non-hydrogen) atoms. The van der Waals surface area contributed by atoms with Crippen molar-refractivity contribution in [2.45, 2.75) is 26.4 Å². The van der Waals surface area contributed by atoms with Gasteiger partial charge >= 0.3 is 0 Å². The number of carbonyl (C=O) groups is 1. The molecule has 2 aromatic rings. The number of nitrogens with two attached hydrogens (primary N) is 1. The largest absolute Gasteiger partial charge is 0.490 e. The molecule has 0 aliphatic heterocycles. The molecule has 0 bridgehead atoms. The van der Waals surface area contributed by atoms with E-state index in [9.17, 15) is 4.79 Å². The molecule has 1 amide bonds. The van der Waals surface area contributed by atoms with E-state index < -0.39 is 5.91 Å². The Morgan fingerprint density at radius 3 is 3.00 bits per heavy atom. The van der Waals surface area contributed by atoms with E-state index in [0.29, 0.717) is 12.1 Å². The standard InChI is InChI=1S/C15H16N4O2/c1-9(2)21-12-5-6-18-15-13(12)11(8-19-15)4-3-10(7-16)14(17)20/h3,5-6,8-9H,4H2,1-2H3,(H2,17,20)(H,18,19). The summed E-state index contributed by atoms with van der Waals surface area (Å²) >= 11 is 0. The van der Waals surface area contributed by atoms with Crippen molar-refractivity contribution in [3.8, 4) is 11.8 Å². The summed E-state index contributed by atoms with van der Waals surface area (Å²) in [6.07, 6.45) is 5.40. The zero-order valence-electron chi connectivity index (χ0n) is 11.9. The zero-order chi connectivity index (χ0) is 15.4. The van der Waals surface area contributed by atoms with Crippen molar-refractivity contribution in [3.05, 3.63) is 35.7 Å². The first-order valence-corrected chi connectivity index (χ1v) is 6.54. The molecule has 2 rings (SSSR count). The number of primary amides is 1. The van der Waals surface area contributed by atoms with Crippen molar-refractivity contribution < 1.29 is 9.53 Å². The first-order valence-electron chi connectivity index (χ1n) is 6.54. The fraction of sp³-hybridized carbons (Fsp3) is 0.267. The number of aromatic nitrogens is 2. The van der Waals surface area contributed by atoms with Crippen LogP contribution in [0.1, 0.15) is 19.4 Å². The first-order chi connectivity index (χ1) is 10.0. The molecule has 0 saturated heterocycles. The number of ether oxygens (including phenoxy) is 1. The molecule has 0 unspecified atom stereocenters. The number of fused-ring (bicyclic) bond motifs is 1. The molecule has 6 heteroatoms. The molecule has 6 nitrogen and oxygen atoms in total. The number of pyridine rings is 1. The second-order valence-corrected chi connectivity index (χ2v) is 4.81. The summed E-state index contributed by atoms with van der Waals surface area (Å²) < 4.78 is 5.77. The number of rotatable bonds is 5. The molecule has 0 aliphatic rings. The lowest BCUT2D eigenvalue weighted by molar-refractivity contribution is -0.114. The fourth-order valence-corrected chi connectivity index (χ4v) is 2.02. The van der Waals surface area contributed by atoms with Gasteiger partial charge in [0.1, 0.15) is 23.0 Å². The zero-order valence-corrected chi connectivity index (χ0v) is 11.9. The molecule has 108 valence electrons. The molecule has 0 aliphatic carbocycles. The minimum Gasteiger partial charge on any atom is -0.490 e. The van der Waals surface area contributed by atoms with Crippen LogP contribution < -0.4 is 10.5 Å². The van der Waals surface area contributed by atoms with E-state index in [0.717, 1.165) is 16.7 Å². The van der Waals surface area contributed by atoms with Crippen LogP contribution in [-0.2, 0) is 11.2 Å². The molecule has 0 saturated carbocycles. The Morgan fingerprint density at radius 1 is 1.62 bits per heavy atom. The number of nitrogens with zero attached hydrogens (tertiary/aromatic N) is 2. The van der Waals surface area contributed by atoms with Gasteiger partial charge in [-0.05, 0) is 31.9 Å². The maximum absolute atomic E-state index is 11.1. The average molecular weight is 284 g/mol. The van der Waals surface area contributed by atoms with Crippen LogP contribution in [-0.4, -0.2) is 22.0 Å². The lowest BCUT2D eigenvalue weighted by atomic mass is 10.1. The number of hydrogen-bond acceptors (Lipinski definition) is 4. The van der Waals surface area contributed by atoms with E-state index in [1.807, 2.05) is 13.8 Å². The van der Waals surface area contributed by atoms with E-state index in [2.05, 4.69) is 9.97 Å². The predicted octanol–water partition coefficient (Wildman–Crippen LogP) is 1.83. The van der Waals surface area contributed by atoms with Gasteiger partial charge in [0.05, 0.1) is 11.5 Å². The first kappa shape index (κ1) is 14.6. The highest BCUT2D eigenvalue weighted by atomic mass is 16.5. The molecule has 0 radical (unpaired) electrons. The number of nitriles is 1. The lowest BCUT2D eigenvalue weighted by Crippen LogP contribution is -2.12. The van der Waals surface area contributed by atoms with E-state index in [1.54, 1.807) is 24.5 Å². The van der Waals surface area contributed by atoms with Crippen molar-refractivity contribution in [2.24, 2.45) is 5.73 Å². The van der Waals surface area contributed by atoms with E-state index in [1.165, 1.54) is 6.08 Å². The normalized spacial score (nSPS) is 11.6. The quantitative estimate of drug-likeness (QED) is 0.645. The van der Waals surface area contributed by atoms with Crippen molar-refractivity contribution in [2.75, 3.05) is 0 Å². The number of aromatic amines is 1. The lowest BCUT2D eigenvalue weighted by Gasteiger charge is -2.11. The number of nitrogens with one attached hydrogen (secondary N) is 1. The maximum atomic E-state index is 11.1. The number of H-pyrrole nitrogens is 1. The third-order valence-corrected chi connectivity index (χ3v) is 2.89. The summed E-state index contributed by atoms with van der Waals surface area (Å²) in [5.41, 5.74) is 6.66. The van der Waals surface area contributed by atoms with Gasteiger partial charge in [-0.1, -0.05) is 6.08 Å². The summed E-state index contributed by atoms with van der Waals surface area (Å²) in [7, 11) is 0. The second kappa shape index (κ2) is 6.09. The summed E-state index contributed by atoms with van der Waals surface area (Å²) in [6, 6.07) is 3.58. The molecule has 3 N–H and O–H groups in total. The van der Waals surface area contributed by atoms with Gasteiger partial charge in [0.2, 0.25) is 0 Å². The van der Waals surface area contributed by atoms with E-state index in [-0.39, 0.29) is 11.7 Å². The molecule has 2 heterocycles. The van der Waals surface area contributed by atoms with E-state index >= 15 is 0 Å². The van der Waals surface area contributed by atoms with Crippen LogP contribution in [0.5, 0.6) is 5.75 Å². The van der Waals surface area contributed by atoms with Gasteiger partial charge in [-0.15, -0.1) is 0 Å². The molecule has 0 aromatic carbocycles. The van der Waals surface area contributed by atoms with Gasteiger partial charge < -0.3 is 15.5 Å². The number of allylic oxidation sites excluding steroid dienone is 1. The average Bonchev–Trinajstić information content (AvgIpc) is 2.83. The van der Waals surface area contributed by atoms with Crippen molar-refractivity contribution in [3.63, 3.8) is 0 Å². The van der Waals surface area contributed by atoms with Gasteiger partial charge in [-0.2, -0.15) is 5.26 Å². The summed E-state index contributed by atoms with van der Waals surface area (Å²) in [4.78, 5) is 18.3. The monoisotopic (exact) mass is 284 g/mol. The van der Waals surface area contributed by atoms with Crippen LogP contribution in [0.15, 0.2) is 30.1 Å². The Labute approximate surface area is 122 Å². The molecular formula is C15H16N4O2. The van der Waals surface area contributed by atoms with Crippen LogP contribution in [0.25, 0.3) is 11.0 Å². The highest BCUT2D eigenvalue weighted by Gasteiger charge is 2.12. The van der Waals surface area contributed by atoms with E-state index in [4.69, 9.17) is 15.7 Å². The van der Waals surface area contributed by atoms with Gasteiger partial charge in [-0.25, -0.2) is 4.98 Å². The Bertz CT molecular complexity index is 738. The molecular weight excluding hydrogens is 268 g/mol. The van der Waals surface area contributed by atoms with Gasteiger partial charge in [-0.3, -0.25) is 4.79 Å². The second-order valence-electron chi connectivity index (χ2n) is 4.81. The summed E-state index contributed by atoms with van der Waals surface area (Å²) in [5.74, 6) is -0.00801. The van der Waals surface area contributed by atoms with Crippen molar-refractivity contribution in [1.82, 2.24) is 9.97 Å². The Hall–Kier alpha value is -2.81. The number of hydrogen-bond donors (Lipinski definition) is 2. The van der Waals surface area contributed by atoms with Crippen LogP contribution >= 0.6 is 0 Å². The minimum atomic E-state index is -0.728. The number of amides is 1. The topological polar surface area (TPSA) is 105 Å². The van der Waals surface area contributed by atoms with Crippen LogP contribution in [0, 0.1) is 11.3 Å². The van der Waals surface area contributed by atoms with Gasteiger partial charge in [0, 0.05) is 12.4 Å². The fourth-order valence-electron chi connectivity index (χ4n) is 2.02. The summed E-state index contributed by atoms with van der Waals surface area (Å²) in [6.45, 7) is 3.89. The van der Waals surface area contributed by atoms with Gasteiger partial charge in [0.25, 0.3) is 5.91 Å². The summed E-state index contributed by atoms with van der Waals surface area (Å²) in [5, 5.41) is 9.70. The van der Waals surface area contributed by atoms with Crippen LogP contribution in [0.2, 0.25) is 0 Å². The third kappa shape index (κ3) is 3.20. The van der Waals surface area contributed by atoms with Crippen molar-refractivity contribution >= 4 is 16.9 Å². The Kier molecular flexibility index (Phi) is 4.24. The Morgan fingerprint density at radius 2 is 2.38 bits per heavy atom. The van der Waals surface area contributed by atoms with Crippen LogP contribution in [0.3, 0.4) is 0 Å². The van der Waals surface area contributed by atoms with Gasteiger partial charge in [0.15, 0.2) is 0 Å². The molecule has 0 fully saturated rings. The highest BCUT2D eigenvalue weighted by Crippen LogP contribution is 2.28. The van der Waals surface area contributed by atoms with Crippen LogP contribution in [0.4, 0.5) is 0 Å². The molecule has 0 spiro atoms. The SMILES string of the molecule is CC(C)Oc1ccnc2[nH]cc(CC=C(C#N)C(N)=O)c12. The smallest absolute Gasteiger partial charge is 0.259 e. The van der Waals surface area contributed by atoms with Crippen molar-refractivity contribution in [1.29, 1.82) is 5.26 Å². The highest BCUT2D eigenvalue weighted by molar-refractivity contribution is 5.96.